The van der Waals surface area contributed by atoms with Gasteiger partial charge in [-0.2, -0.15) is 5.10 Å². The summed E-state index contributed by atoms with van der Waals surface area (Å²) in [6, 6.07) is 3.76. The first kappa shape index (κ1) is 11.3. The van der Waals surface area contributed by atoms with Gasteiger partial charge in [-0.3, -0.25) is 9.78 Å². The topological polar surface area (TPSA) is 51.0 Å². The molecule has 5 nitrogen and oxygen atoms in total. The molecule has 2 aromatic rings. The minimum Gasteiger partial charge on any atom is -0.313 e. The third kappa shape index (κ3) is 2.18. The van der Waals surface area contributed by atoms with Crippen LogP contribution >= 0.6 is 0 Å². The minimum atomic E-state index is -0.0150. The van der Waals surface area contributed by atoms with Gasteiger partial charge in [-0.05, 0) is 19.1 Å². The van der Waals surface area contributed by atoms with Crippen molar-refractivity contribution < 1.29 is 4.79 Å². The number of amides is 1. The van der Waals surface area contributed by atoms with E-state index in [-0.39, 0.29) is 5.91 Å². The summed E-state index contributed by atoms with van der Waals surface area (Å²) in [4.78, 5) is 16.9. The molecular weight excluding hydrogens is 216 g/mol. The second-order valence-electron chi connectivity index (χ2n) is 3.83. The highest BCUT2D eigenvalue weighted by Crippen LogP contribution is 2.19. The normalized spacial score (nSPS) is 10.3. The molecule has 0 spiro atoms. The lowest BCUT2D eigenvalue weighted by molar-refractivity contribution is -0.116. The number of aryl methyl sites for hydroxylation is 1. The summed E-state index contributed by atoms with van der Waals surface area (Å²) in [6.45, 7) is 3.41. The Hall–Kier alpha value is -2.17. The van der Waals surface area contributed by atoms with Crippen LogP contribution in [0.1, 0.15) is 12.6 Å². The van der Waals surface area contributed by atoms with Gasteiger partial charge < -0.3 is 4.90 Å². The SMILES string of the molecule is CC(=O)N(C)c1cn(-c2cccnc2)nc1C. The zero-order chi connectivity index (χ0) is 12.4. The van der Waals surface area contributed by atoms with Crippen molar-refractivity contribution in [3.05, 3.63) is 36.4 Å². The van der Waals surface area contributed by atoms with Gasteiger partial charge in [-0.1, -0.05) is 0 Å². The summed E-state index contributed by atoms with van der Waals surface area (Å²) in [5.41, 5.74) is 2.49. The van der Waals surface area contributed by atoms with Crippen LogP contribution in [0.25, 0.3) is 5.69 Å². The number of hydrogen-bond donors (Lipinski definition) is 0. The van der Waals surface area contributed by atoms with Gasteiger partial charge in [0.1, 0.15) is 0 Å². The van der Waals surface area contributed by atoms with E-state index in [0.29, 0.717) is 0 Å². The van der Waals surface area contributed by atoms with Gasteiger partial charge in [-0.25, -0.2) is 4.68 Å². The first-order valence-electron chi connectivity index (χ1n) is 5.30. The molecule has 88 valence electrons. The fourth-order valence-corrected chi connectivity index (χ4v) is 1.57. The first-order chi connectivity index (χ1) is 8.09. The van der Waals surface area contributed by atoms with Gasteiger partial charge in [0.2, 0.25) is 5.91 Å². The zero-order valence-corrected chi connectivity index (χ0v) is 10.1. The van der Waals surface area contributed by atoms with Crippen LogP contribution in [0.2, 0.25) is 0 Å². The van der Waals surface area contributed by atoms with Crippen LogP contribution in [0.15, 0.2) is 30.7 Å². The molecule has 1 amide bonds. The molecule has 0 N–H and O–H groups in total. The Bertz CT molecular complexity index is 533. The molecule has 0 fully saturated rings. The molecular formula is C12H14N4O. The summed E-state index contributed by atoms with van der Waals surface area (Å²) >= 11 is 0. The monoisotopic (exact) mass is 230 g/mol. The van der Waals surface area contributed by atoms with Crippen molar-refractivity contribution in [3.63, 3.8) is 0 Å². The average Bonchev–Trinajstić information content (AvgIpc) is 2.71. The zero-order valence-electron chi connectivity index (χ0n) is 10.1. The Morgan fingerprint density at radius 2 is 2.24 bits per heavy atom. The van der Waals surface area contributed by atoms with E-state index in [4.69, 9.17) is 0 Å². The van der Waals surface area contributed by atoms with E-state index in [1.54, 1.807) is 29.0 Å². The minimum absolute atomic E-state index is 0.0150. The number of aromatic nitrogens is 3. The highest BCUT2D eigenvalue weighted by molar-refractivity contribution is 5.91. The van der Waals surface area contributed by atoms with E-state index < -0.39 is 0 Å². The molecule has 5 heteroatoms. The standard InChI is InChI=1S/C12H14N4O/c1-9-12(15(3)10(2)17)8-16(14-9)11-5-4-6-13-7-11/h4-8H,1-3H3. The van der Waals surface area contributed by atoms with Gasteiger partial charge >= 0.3 is 0 Å². The lowest BCUT2D eigenvalue weighted by Gasteiger charge is -2.12. The molecule has 0 aliphatic rings. The third-order valence-corrected chi connectivity index (χ3v) is 2.62. The molecule has 2 heterocycles. The van der Waals surface area contributed by atoms with Crippen molar-refractivity contribution >= 4 is 11.6 Å². The predicted molar refractivity (Wildman–Crippen MR) is 65.2 cm³/mol. The van der Waals surface area contributed by atoms with E-state index in [0.717, 1.165) is 17.1 Å². The fourth-order valence-electron chi connectivity index (χ4n) is 1.57. The van der Waals surface area contributed by atoms with Crippen molar-refractivity contribution in [2.75, 3.05) is 11.9 Å². The van der Waals surface area contributed by atoms with Gasteiger partial charge in [0.05, 0.1) is 29.5 Å². The molecule has 0 aliphatic heterocycles. The van der Waals surface area contributed by atoms with E-state index in [1.807, 2.05) is 25.3 Å². The van der Waals surface area contributed by atoms with Crippen molar-refractivity contribution in [2.24, 2.45) is 0 Å². The molecule has 0 radical (unpaired) electrons. The van der Waals surface area contributed by atoms with E-state index >= 15 is 0 Å². The van der Waals surface area contributed by atoms with E-state index in [2.05, 4.69) is 10.1 Å². The molecule has 0 atom stereocenters. The Morgan fingerprint density at radius 3 is 2.82 bits per heavy atom. The summed E-state index contributed by atoms with van der Waals surface area (Å²) < 4.78 is 1.72. The van der Waals surface area contributed by atoms with Crippen LogP contribution in [0.3, 0.4) is 0 Å². The smallest absolute Gasteiger partial charge is 0.223 e. The maximum Gasteiger partial charge on any atom is 0.223 e. The van der Waals surface area contributed by atoms with Gasteiger partial charge in [-0.15, -0.1) is 0 Å². The molecule has 2 rings (SSSR count). The van der Waals surface area contributed by atoms with E-state index in [9.17, 15) is 4.79 Å². The average molecular weight is 230 g/mol. The number of carbonyl (C=O) groups is 1. The highest BCUT2D eigenvalue weighted by atomic mass is 16.2. The number of anilines is 1. The second-order valence-corrected chi connectivity index (χ2v) is 3.83. The molecule has 0 aromatic carbocycles. The van der Waals surface area contributed by atoms with Crippen LogP contribution < -0.4 is 4.90 Å². The quantitative estimate of drug-likeness (QED) is 0.786. The second kappa shape index (κ2) is 4.37. The number of hydrogen-bond acceptors (Lipinski definition) is 3. The van der Waals surface area contributed by atoms with Crippen LogP contribution in [0, 0.1) is 6.92 Å². The number of pyridine rings is 1. The first-order valence-corrected chi connectivity index (χ1v) is 5.30. The van der Waals surface area contributed by atoms with Crippen molar-refractivity contribution in [1.82, 2.24) is 14.8 Å². The highest BCUT2D eigenvalue weighted by Gasteiger charge is 2.13. The Labute approximate surface area is 99.7 Å². The van der Waals surface area contributed by atoms with Crippen molar-refractivity contribution in [2.45, 2.75) is 13.8 Å². The maximum atomic E-state index is 11.3. The lowest BCUT2D eigenvalue weighted by atomic mass is 10.3. The molecule has 0 aliphatic carbocycles. The Kier molecular flexibility index (Phi) is 2.91. The van der Waals surface area contributed by atoms with Crippen LogP contribution in [0.4, 0.5) is 5.69 Å². The summed E-state index contributed by atoms with van der Waals surface area (Å²) in [5.74, 6) is -0.0150. The predicted octanol–water partition coefficient (Wildman–Crippen LogP) is 1.56. The van der Waals surface area contributed by atoms with Crippen LogP contribution in [0.5, 0.6) is 0 Å². The number of carbonyl (C=O) groups excluding carboxylic acids is 1. The van der Waals surface area contributed by atoms with Crippen molar-refractivity contribution in [1.29, 1.82) is 0 Å². The molecule has 0 unspecified atom stereocenters. The van der Waals surface area contributed by atoms with Gasteiger partial charge in [0.25, 0.3) is 0 Å². The Morgan fingerprint density at radius 1 is 1.47 bits per heavy atom. The third-order valence-electron chi connectivity index (χ3n) is 2.62. The molecule has 0 saturated carbocycles. The summed E-state index contributed by atoms with van der Waals surface area (Å²) in [5, 5.41) is 4.37. The van der Waals surface area contributed by atoms with Gasteiger partial charge in [0.15, 0.2) is 0 Å². The largest absolute Gasteiger partial charge is 0.313 e. The van der Waals surface area contributed by atoms with E-state index in [1.165, 1.54) is 6.92 Å². The molecule has 17 heavy (non-hydrogen) atoms. The molecule has 2 aromatic heterocycles. The van der Waals surface area contributed by atoms with Crippen LogP contribution in [-0.4, -0.2) is 27.7 Å². The van der Waals surface area contributed by atoms with Gasteiger partial charge in [0, 0.05) is 20.2 Å². The maximum absolute atomic E-state index is 11.3. The number of nitrogens with zero attached hydrogens (tertiary/aromatic N) is 4. The Balaban J connectivity index is 2.41. The number of rotatable bonds is 2. The fraction of sp³-hybridized carbons (Fsp3) is 0.250. The summed E-state index contributed by atoms with van der Waals surface area (Å²) in [7, 11) is 1.74. The molecule has 0 bridgehead atoms. The molecule has 0 saturated heterocycles. The summed E-state index contributed by atoms with van der Waals surface area (Å²) in [6.07, 6.45) is 5.26. The lowest BCUT2D eigenvalue weighted by Crippen LogP contribution is -2.22. The van der Waals surface area contributed by atoms with Crippen molar-refractivity contribution in [3.8, 4) is 5.69 Å². The van der Waals surface area contributed by atoms with Crippen LogP contribution in [-0.2, 0) is 4.79 Å².